The Morgan fingerprint density at radius 3 is 2.75 bits per heavy atom. The van der Waals surface area contributed by atoms with Crippen LogP contribution in [0.15, 0.2) is 12.1 Å². The molecule has 0 amide bonds. The van der Waals surface area contributed by atoms with Gasteiger partial charge in [-0.3, -0.25) is 0 Å². The number of rotatable bonds is 0. The highest BCUT2D eigenvalue weighted by atomic mass is 19.1. The van der Waals surface area contributed by atoms with Gasteiger partial charge in [0, 0.05) is 6.07 Å². The van der Waals surface area contributed by atoms with Crippen molar-refractivity contribution in [1.29, 1.82) is 0 Å². The maximum absolute atomic E-state index is 12.8. The van der Waals surface area contributed by atoms with Gasteiger partial charge in [-0.1, -0.05) is 0 Å². The van der Waals surface area contributed by atoms with Crippen molar-refractivity contribution < 1.29 is 9.50 Å². The maximum atomic E-state index is 12.8. The molecule has 1 aromatic rings. The summed E-state index contributed by atoms with van der Waals surface area (Å²) < 4.78 is 12.8. The van der Waals surface area contributed by atoms with Crippen LogP contribution in [0.2, 0.25) is 0 Å². The number of hydrogen-bond donors (Lipinski definition) is 1. The lowest BCUT2D eigenvalue weighted by molar-refractivity contribution is 0.455. The number of aromatic hydroxyl groups is 1. The predicted molar refractivity (Wildman–Crippen MR) is 44.7 cm³/mol. The molecule has 0 aromatic heterocycles. The summed E-state index contributed by atoms with van der Waals surface area (Å²) in [5.41, 5.74) is 1.93. The molecule has 64 valence electrons. The monoisotopic (exact) mass is 166 g/mol. The van der Waals surface area contributed by atoms with Crippen LogP contribution in [-0.2, 0) is 12.8 Å². The molecule has 0 radical (unpaired) electrons. The smallest absolute Gasteiger partial charge is 0.127 e. The lowest BCUT2D eigenvalue weighted by atomic mass is 9.91. The number of hydrogen-bond acceptors (Lipinski definition) is 1. The van der Waals surface area contributed by atoms with Crippen molar-refractivity contribution in [3.63, 3.8) is 0 Å². The van der Waals surface area contributed by atoms with Gasteiger partial charge in [0.15, 0.2) is 0 Å². The van der Waals surface area contributed by atoms with Crippen LogP contribution in [0, 0.1) is 5.82 Å². The molecule has 0 atom stereocenters. The summed E-state index contributed by atoms with van der Waals surface area (Å²) >= 11 is 0. The fraction of sp³-hybridized carbons (Fsp3) is 0.400. The third kappa shape index (κ3) is 1.17. The van der Waals surface area contributed by atoms with Gasteiger partial charge in [0.1, 0.15) is 11.6 Å². The summed E-state index contributed by atoms with van der Waals surface area (Å²) in [6.45, 7) is 0. The molecular weight excluding hydrogens is 155 g/mol. The van der Waals surface area contributed by atoms with Gasteiger partial charge in [0.2, 0.25) is 0 Å². The Labute approximate surface area is 70.8 Å². The Morgan fingerprint density at radius 1 is 1.17 bits per heavy atom. The molecule has 2 heteroatoms. The first-order valence-corrected chi connectivity index (χ1v) is 4.27. The Morgan fingerprint density at radius 2 is 1.92 bits per heavy atom. The maximum Gasteiger partial charge on any atom is 0.127 e. The van der Waals surface area contributed by atoms with Crippen molar-refractivity contribution in [3.05, 3.63) is 29.1 Å². The van der Waals surface area contributed by atoms with Gasteiger partial charge in [-0.2, -0.15) is 0 Å². The zero-order valence-corrected chi connectivity index (χ0v) is 6.81. The van der Waals surface area contributed by atoms with Crippen LogP contribution in [0.25, 0.3) is 0 Å². The van der Waals surface area contributed by atoms with Gasteiger partial charge in [-0.15, -0.1) is 0 Å². The molecule has 1 aliphatic rings. The molecule has 0 fully saturated rings. The van der Waals surface area contributed by atoms with Crippen molar-refractivity contribution in [3.8, 4) is 5.75 Å². The molecule has 0 bridgehead atoms. The van der Waals surface area contributed by atoms with E-state index in [0.29, 0.717) is 0 Å². The van der Waals surface area contributed by atoms with Crippen LogP contribution in [0.5, 0.6) is 5.75 Å². The minimum absolute atomic E-state index is 0.129. The normalized spacial score (nSPS) is 15.8. The second kappa shape index (κ2) is 2.77. The first kappa shape index (κ1) is 7.59. The molecule has 0 unspecified atom stereocenters. The van der Waals surface area contributed by atoms with Crippen molar-refractivity contribution in [2.24, 2.45) is 0 Å². The van der Waals surface area contributed by atoms with Crippen LogP contribution in [0.3, 0.4) is 0 Å². The van der Waals surface area contributed by atoms with E-state index >= 15 is 0 Å². The molecule has 0 saturated carbocycles. The molecule has 0 saturated heterocycles. The molecule has 1 aliphatic carbocycles. The van der Waals surface area contributed by atoms with E-state index < -0.39 is 0 Å². The van der Waals surface area contributed by atoms with Crippen molar-refractivity contribution in [1.82, 2.24) is 0 Å². The van der Waals surface area contributed by atoms with Gasteiger partial charge in [0.05, 0.1) is 0 Å². The quantitative estimate of drug-likeness (QED) is 0.627. The van der Waals surface area contributed by atoms with Crippen LogP contribution < -0.4 is 0 Å². The van der Waals surface area contributed by atoms with E-state index in [1.54, 1.807) is 0 Å². The molecular formula is C10H11FO. The molecule has 12 heavy (non-hydrogen) atoms. The number of fused-ring (bicyclic) bond motifs is 1. The van der Waals surface area contributed by atoms with E-state index in [2.05, 4.69) is 0 Å². The number of benzene rings is 1. The van der Waals surface area contributed by atoms with E-state index in [4.69, 9.17) is 0 Å². The third-order valence-electron chi connectivity index (χ3n) is 2.41. The van der Waals surface area contributed by atoms with Crippen molar-refractivity contribution in [2.45, 2.75) is 25.7 Å². The highest BCUT2D eigenvalue weighted by Crippen LogP contribution is 2.29. The second-order valence-corrected chi connectivity index (χ2v) is 3.27. The summed E-state index contributed by atoms with van der Waals surface area (Å²) in [4.78, 5) is 0. The topological polar surface area (TPSA) is 20.2 Å². The Hall–Kier alpha value is -1.05. The average molecular weight is 166 g/mol. The van der Waals surface area contributed by atoms with Crippen LogP contribution in [-0.4, -0.2) is 5.11 Å². The van der Waals surface area contributed by atoms with Crippen molar-refractivity contribution >= 4 is 0 Å². The van der Waals surface area contributed by atoms with Gasteiger partial charge in [-0.25, -0.2) is 4.39 Å². The minimum atomic E-state index is -0.326. The molecule has 1 aromatic carbocycles. The van der Waals surface area contributed by atoms with E-state index in [9.17, 15) is 9.50 Å². The number of halogens is 1. The summed E-state index contributed by atoms with van der Waals surface area (Å²) in [6, 6.07) is 2.73. The lowest BCUT2D eigenvalue weighted by Gasteiger charge is -2.16. The predicted octanol–water partition coefficient (Wildman–Crippen LogP) is 2.41. The molecule has 2 rings (SSSR count). The number of phenolic OH excluding ortho intramolecular Hbond substituents is 1. The second-order valence-electron chi connectivity index (χ2n) is 3.27. The van der Waals surface area contributed by atoms with E-state index in [1.165, 1.54) is 12.1 Å². The van der Waals surface area contributed by atoms with Crippen LogP contribution in [0.1, 0.15) is 24.0 Å². The summed E-state index contributed by atoms with van der Waals surface area (Å²) in [7, 11) is 0. The van der Waals surface area contributed by atoms with Gasteiger partial charge in [-0.05, 0) is 42.9 Å². The Balaban J connectivity index is 2.53. The summed E-state index contributed by atoms with van der Waals surface area (Å²) in [5, 5.41) is 9.40. The Bertz CT molecular complexity index is 307. The standard InChI is InChI=1S/C10H11FO/c11-8-5-7-3-1-2-4-9(7)10(12)6-8/h5-6,12H,1-4H2. The Kier molecular flexibility index (Phi) is 1.75. The van der Waals surface area contributed by atoms with E-state index in [1.807, 2.05) is 0 Å². The summed E-state index contributed by atoms with van der Waals surface area (Å²) in [5.74, 6) is -0.196. The highest BCUT2D eigenvalue weighted by Gasteiger charge is 2.13. The highest BCUT2D eigenvalue weighted by molar-refractivity contribution is 5.41. The number of aryl methyl sites for hydroxylation is 1. The number of phenols is 1. The molecule has 0 spiro atoms. The SMILES string of the molecule is Oc1cc(F)cc2c1CCCC2. The largest absolute Gasteiger partial charge is 0.508 e. The summed E-state index contributed by atoms with van der Waals surface area (Å²) in [6.07, 6.45) is 4.00. The zero-order chi connectivity index (χ0) is 8.55. The molecule has 0 heterocycles. The zero-order valence-electron chi connectivity index (χ0n) is 6.81. The first-order valence-electron chi connectivity index (χ1n) is 4.27. The lowest BCUT2D eigenvalue weighted by Crippen LogP contribution is -2.03. The molecule has 1 N–H and O–H groups in total. The average Bonchev–Trinajstić information content (AvgIpc) is 2.04. The van der Waals surface area contributed by atoms with Gasteiger partial charge >= 0.3 is 0 Å². The fourth-order valence-electron chi connectivity index (χ4n) is 1.81. The van der Waals surface area contributed by atoms with Crippen LogP contribution >= 0.6 is 0 Å². The first-order chi connectivity index (χ1) is 5.77. The molecule has 1 nitrogen and oxygen atoms in total. The molecule has 0 aliphatic heterocycles. The van der Waals surface area contributed by atoms with E-state index in [-0.39, 0.29) is 11.6 Å². The van der Waals surface area contributed by atoms with Gasteiger partial charge < -0.3 is 5.11 Å². The van der Waals surface area contributed by atoms with Gasteiger partial charge in [0.25, 0.3) is 0 Å². The van der Waals surface area contributed by atoms with E-state index in [0.717, 1.165) is 36.8 Å². The third-order valence-corrected chi connectivity index (χ3v) is 2.41. The minimum Gasteiger partial charge on any atom is -0.508 e. The van der Waals surface area contributed by atoms with Crippen LogP contribution in [0.4, 0.5) is 4.39 Å². The van der Waals surface area contributed by atoms with Crippen molar-refractivity contribution in [2.75, 3.05) is 0 Å². The fourth-order valence-corrected chi connectivity index (χ4v) is 1.81.